The summed E-state index contributed by atoms with van der Waals surface area (Å²) in [6.07, 6.45) is -0.629. The van der Waals surface area contributed by atoms with Crippen molar-refractivity contribution in [3.05, 3.63) is 29.8 Å². The van der Waals surface area contributed by atoms with E-state index in [1.54, 1.807) is 12.1 Å². The first-order valence-electron chi connectivity index (χ1n) is 3.92. The summed E-state index contributed by atoms with van der Waals surface area (Å²) < 4.78 is 27.7. The molecule has 5 heteroatoms. The van der Waals surface area contributed by atoms with E-state index >= 15 is 0 Å². The smallest absolute Gasteiger partial charge is 0.387 e. The number of rotatable bonds is 4. The summed E-state index contributed by atoms with van der Waals surface area (Å²) in [6.45, 7) is -2.82. The molecule has 14 heavy (non-hydrogen) atoms. The molecule has 1 aromatic carbocycles. The second-order valence-corrected chi connectivity index (χ2v) is 3.27. The number of benzene rings is 1. The third-order valence-electron chi connectivity index (χ3n) is 1.64. The van der Waals surface area contributed by atoms with Crippen molar-refractivity contribution in [1.29, 1.82) is 0 Å². The van der Waals surface area contributed by atoms with Crippen molar-refractivity contribution in [2.75, 3.05) is 5.33 Å². The van der Waals surface area contributed by atoms with Gasteiger partial charge in [-0.2, -0.15) is 8.78 Å². The van der Waals surface area contributed by atoms with Gasteiger partial charge in [-0.1, -0.05) is 28.1 Å². The van der Waals surface area contributed by atoms with Gasteiger partial charge in [0.15, 0.2) is 0 Å². The van der Waals surface area contributed by atoms with Gasteiger partial charge in [-0.15, -0.1) is 0 Å². The molecule has 1 atom stereocenters. The molecule has 0 saturated heterocycles. The molecule has 1 N–H and O–H groups in total. The maximum absolute atomic E-state index is 11.8. The molecule has 0 aliphatic rings. The number of aliphatic hydroxyl groups excluding tert-OH is 1. The second-order valence-electron chi connectivity index (χ2n) is 2.62. The predicted octanol–water partition coefficient (Wildman–Crippen LogP) is 2.72. The SMILES string of the molecule is O[C@@H](CBr)c1ccc(OC(F)F)cc1. The molecule has 0 bridgehead atoms. The van der Waals surface area contributed by atoms with Crippen molar-refractivity contribution in [3.8, 4) is 5.75 Å². The van der Waals surface area contributed by atoms with E-state index in [0.29, 0.717) is 10.9 Å². The van der Waals surface area contributed by atoms with Gasteiger partial charge in [-0.25, -0.2) is 0 Å². The topological polar surface area (TPSA) is 29.5 Å². The molecule has 0 heterocycles. The van der Waals surface area contributed by atoms with Crippen LogP contribution in [0.1, 0.15) is 11.7 Å². The van der Waals surface area contributed by atoms with Gasteiger partial charge in [0.2, 0.25) is 0 Å². The number of hydrogen-bond acceptors (Lipinski definition) is 2. The molecular weight excluding hydrogens is 258 g/mol. The second kappa shape index (κ2) is 5.26. The Bertz CT molecular complexity index is 277. The molecule has 1 rings (SSSR count). The average molecular weight is 267 g/mol. The van der Waals surface area contributed by atoms with Crippen LogP contribution in [0.4, 0.5) is 8.78 Å². The lowest BCUT2D eigenvalue weighted by Gasteiger charge is -2.08. The lowest BCUT2D eigenvalue weighted by atomic mass is 10.1. The van der Waals surface area contributed by atoms with Crippen LogP contribution in [0.5, 0.6) is 5.75 Å². The Kier molecular flexibility index (Phi) is 4.28. The van der Waals surface area contributed by atoms with Crippen molar-refractivity contribution in [3.63, 3.8) is 0 Å². The Morgan fingerprint density at radius 2 is 1.86 bits per heavy atom. The quantitative estimate of drug-likeness (QED) is 0.850. The first-order valence-corrected chi connectivity index (χ1v) is 5.04. The number of ether oxygens (including phenoxy) is 1. The first-order chi connectivity index (χ1) is 6.63. The van der Waals surface area contributed by atoms with E-state index in [9.17, 15) is 13.9 Å². The van der Waals surface area contributed by atoms with Gasteiger partial charge in [0, 0.05) is 5.33 Å². The van der Waals surface area contributed by atoms with E-state index in [0.717, 1.165) is 0 Å². The van der Waals surface area contributed by atoms with Crippen molar-refractivity contribution in [1.82, 2.24) is 0 Å². The summed E-state index contributed by atoms with van der Waals surface area (Å²) in [7, 11) is 0. The van der Waals surface area contributed by atoms with Gasteiger partial charge in [0.1, 0.15) is 5.75 Å². The molecule has 0 amide bonds. The molecule has 0 fully saturated rings. The van der Waals surface area contributed by atoms with Crippen LogP contribution < -0.4 is 4.74 Å². The third-order valence-corrected chi connectivity index (χ3v) is 2.25. The Morgan fingerprint density at radius 3 is 2.29 bits per heavy atom. The van der Waals surface area contributed by atoms with Crippen LogP contribution in [0.2, 0.25) is 0 Å². The highest BCUT2D eigenvalue weighted by atomic mass is 79.9. The van der Waals surface area contributed by atoms with Crippen LogP contribution in [0.15, 0.2) is 24.3 Å². The lowest BCUT2D eigenvalue weighted by molar-refractivity contribution is -0.0498. The fraction of sp³-hybridized carbons (Fsp3) is 0.333. The number of halogens is 3. The van der Waals surface area contributed by atoms with Gasteiger partial charge < -0.3 is 9.84 Å². The molecule has 0 radical (unpaired) electrons. The molecule has 0 aliphatic heterocycles. The summed E-state index contributed by atoms with van der Waals surface area (Å²) in [5.74, 6) is 0.0884. The van der Waals surface area contributed by atoms with Crippen molar-refractivity contribution >= 4 is 15.9 Å². The Labute approximate surface area is 88.6 Å². The highest BCUT2D eigenvalue weighted by Gasteiger charge is 2.07. The van der Waals surface area contributed by atoms with Crippen molar-refractivity contribution in [2.24, 2.45) is 0 Å². The molecule has 0 aliphatic carbocycles. The van der Waals surface area contributed by atoms with Gasteiger partial charge in [0.05, 0.1) is 6.10 Å². The minimum atomic E-state index is -2.82. The molecule has 78 valence electrons. The highest BCUT2D eigenvalue weighted by Crippen LogP contribution is 2.20. The van der Waals surface area contributed by atoms with E-state index in [4.69, 9.17) is 0 Å². The zero-order valence-corrected chi connectivity index (χ0v) is 8.75. The van der Waals surface area contributed by atoms with Crippen LogP contribution in [0.25, 0.3) is 0 Å². The Morgan fingerprint density at radius 1 is 1.29 bits per heavy atom. The molecule has 0 unspecified atom stereocenters. The zero-order valence-electron chi connectivity index (χ0n) is 7.16. The number of hydrogen-bond donors (Lipinski definition) is 1. The molecule has 0 saturated carbocycles. The lowest BCUT2D eigenvalue weighted by Crippen LogP contribution is -2.02. The first kappa shape index (κ1) is 11.4. The van der Waals surface area contributed by atoms with Gasteiger partial charge >= 0.3 is 6.61 Å². The minimum absolute atomic E-state index is 0.0884. The Balaban J connectivity index is 2.68. The summed E-state index contributed by atoms with van der Waals surface area (Å²) in [5.41, 5.74) is 0.656. The van der Waals surface area contributed by atoms with E-state index in [1.807, 2.05) is 0 Å². The predicted molar refractivity (Wildman–Crippen MR) is 51.8 cm³/mol. The van der Waals surface area contributed by atoms with Gasteiger partial charge in [-0.05, 0) is 17.7 Å². The average Bonchev–Trinajstić information content (AvgIpc) is 2.17. The summed E-state index contributed by atoms with van der Waals surface area (Å²) in [4.78, 5) is 0. The zero-order chi connectivity index (χ0) is 10.6. The summed E-state index contributed by atoms with van der Waals surface area (Å²) in [5, 5.41) is 9.77. The standard InChI is InChI=1S/C9H9BrF2O2/c10-5-8(13)6-1-3-7(4-2-6)14-9(11)12/h1-4,8-9,13H,5H2/t8-/m0/s1. The molecule has 0 aromatic heterocycles. The third kappa shape index (κ3) is 3.23. The Hall–Kier alpha value is -0.680. The van der Waals surface area contributed by atoms with Crippen molar-refractivity contribution in [2.45, 2.75) is 12.7 Å². The van der Waals surface area contributed by atoms with E-state index < -0.39 is 12.7 Å². The van der Waals surface area contributed by atoms with Crippen molar-refractivity contribution < 1.29 is 18.6 Å². The fourth-order valence-electron chi connectivity index (χ4n) is 0.961. The van der Waals surface area contributed by atoms with Gasteiger partial charge in [0.25, 0.3) is 0 Å². The van der Waals surface area contributed by atoms with E-state index in [-0.39, 0.29) is 5.75 Å². The van der Waals surface area contributed by atoms with Crippen LogP contribution in [-0.4, -0.2) is 17.0 Å². The van der Waals surface area contributed by atoms with Gasteiger partial charge in [-0.3, -0.25) is 0 Å². The fourth-order valence-corrected chi connectivity index (χ4v) is 1.33. The van der Waals surface area contributed by atoms with Crippen LogP contribution in [-0.2, 0) is 0 Å². The monoisotopic (exact) mass is 266 g/mol. The molecule has 2 nitrogen and oxygen atoms in total. The summed E-state index contributed by atoms with van der Waals surface area (Å²) in [6, 6.07) is 5.88. The van der Waals surface area contributed by atoms with E-state index in [1.165, 1.54) is 12.1 Å². The largest absolute Gasteiger partial charge is 0.435 e. The maximum Gasteiger partial charge on any atom is 0.387 e. The van der Waals surface area contributed by atoms with Crippen LogP contribution in [0.3, 0.4) is 0 Å². The maximum atomic E-state index is 11.8. The molecular formula is C9H9BrF2O2. The van der Waals surface area contributed by atoms with Crippen LogP contribution in [0, 0.1) is 0 Å². The highest BCUT2D eigenvalue weighted by molar-refractivity contribution is 9.09. The molecule has 1 aromatic rings. The molecule has 0 spiro atoms. The normalized spacial score (nSPS) is 12.9. The van der Waals surface area contributed by atoms with E-state index in [2.05, 4.69) is 20.7 Å². The van der Waals surface area contributed by atoms with Crippen LogP contribution >= 0.6 is 15.9 Å². The summed E-state index contributed by atoms with van der Waals surface area (Å²) >= 11 is 3.11. The number of alkyl halides is 3. The minimum Gasteiger partial charge on any atom is -0.435 e. The number of aliphatic hydroxyl groups is 1.